The lowest BCUT2D eigenvalue weighted by molar-refractivity contribution is -0.141. The molecule has 1 aliphatic heterocycles. The third kappa shape index (κ3) is 5.20. The summed E-state index contributed by atoms with van der Waals surface area (Å²) < 4.78 is 66.8. The molecule has 1 aromatic carbocycles. The molecule has 1 aromatic heterocycles. The highest BCUT2D eigenvalue weighted by Crippen LogP contribution is 2.34. The number of hydrogen-bond donors (Lipinski definition) is 2. The Kier molecular flexibility index (Phi) is 6.69. The number of nitriles is 1. The fraction of sp³-hybridized carbons (Fsp3) is 0.300. The highest BCUT2D eigenvalue weighted by atomic mass is 32.2. The van der Waals surface area contributed by atoms with E-state index < -0.39 is 39.5 Å². The smallest absolute Gasteiger partial charge is 0.434 e. The minimum Gasteiger partial charge on any atom is -0.478 e. The van der Waals surface area contributed by atoms with Crippen LogP contribution in [0.5, 0.6) is 0 Å². The Morgan fingerprint density at radius 3 is 2.24 bits per heavy atom. The van der Waals surface area contributed by atoms with Crippen LogP contribution in [0, 0.1) is 18.3 Å². The predicted octanol–water partition coefficient (Wildman–Crippen LogP) is 2.20. The lowest BCUT2D eigenvalue weighted by atomic mass is 10.1. The SMILES string of the molecule is Cc1ccc(S(=O)(=O)NC(=O)N2CCN(c3nc(C(F)(F)F)c(C(=O)O)cc3C#N)CC2)cc1. The van der Waals surface area contributed by atoms with Gasteiger partial charge in [0, 0.05) is 26.2 Å². The minimum absolute atomic E-state index is 0.0661. The second kappa shape index (κ2) is 9.18. The molecule has 0 spiro atoms. The molecule has 1 saturated heterocycles. The van der Waals surface area contributed by atoms with Crippen molar-refractivity contribution in [1.29, 1.82) is 5.26 Å². The Balaban J connectivity index is 1.77. The molecule has 2 N–H and O–H groups in total. The normalized spacial score (nSPS) is 14.4. The van der Waals surface area contributed by atoms with Gasteiger partial charge in [0.1, 0.15) is 11.9 Å². The summed E-state index contributed by atoms with van der Waals surface area (Å²) in [5, 5.41) is 18.4. The highest BCUT2D eigenvalue weighted by Gasteiger charge is 2.39. The van der Waals surface area contributed by atoms with Gasteiger partial charge in [0.25, 0.3) is 10.0 Å². The molecule has 0 saturated carbocycles. The summed E-state index contributed by atoms with van der Waals surface area (Å²) in [7, 11) is -4.13. The number of sulfonamides is 1. The fourth-order valence-corrected chi connectivity index (χ4v) is 4.25. The van der Waals surface area contributed by atoms with Crippen LogP contribution in [-0.4, -0.2) is 61.6 Å². The van der Waals surface area contributed by atoms with Crippen LogP contribution in [0.4, 0.5) is 23.8 Å². The molecule has 0 radical (unpaired) electrons. The van der Waals surface area contributed by atoms with Crippen LogP contribution in [0.1, 0.15) is 27.2 Å². The molecule has 0 unspecified atom stereocenters. The number of piperazine rings is 1. The number of aromatic nitrogens is 1. The predicted molar refractivity (Wildman–Crippen MR) is 112 cm³/mol. The number of amides is 2. The third-order valence-electron chi connectivity index (χ3n) is 5.04. The molecule has 180 valence electrons. The van der Waals surface area contributed by atoms with Crippen molar-refractivity contribution in [2.75, 3.05) is 31.1 Å². The Morgan fingerprint density at radius 1 is 1.15 bits per heavy atom. The van der Waals surface area contributed by atoms with E-state index in [1.807, 2.05) is 4.72 Å². The monoisotopic (exact) mass is 497 g/mol. The first-order valence-electron chi connectivity index (χ1n) is 9.72. The van der Waals surface area contributed by atoms with Crippen LogP contribution in [0.25, 0.3) is 0 Å². The Morgan fingerprint density at radius 2 is 1.74 bits per heavy atom. The molecule has 0 bridgehead atoms. The van der Waals surface area contributed by atoms with Gasteiger partial charge in [-0.1, -0.05) is 17.7 Å². The number of carboxylic acid groups (broad SMARTS) is 1. The van der Waals surface area contributed by atoms with Gasteiger partial charge in [0.2, 0.25) is 0 Å². The molecule has 0 atom stereocenters. The van der Waals surface area contributed by atoms with Crippen molar-refractivity contribution in [2.24, 2.45) is 0 Å². The van der Waals surface area contributed by atoms with Crippen LogP contribution in [0.2, 0.25) is 0 Å². The number of hydrogen-bond acceptors (Lipinski definition) is 7. The van der Waals surface area contributed by atoms with Gasteiger partial charge in [-0.3, -0.25) is 0 Å². The van der Waals surface area contributed by atoms with Crippen LogP contribution in [0.15, 0.2) is 35.2 Å². The van der Waals surface area contributed by atoms with Gasteiger partial charge >= 0.3 is 18.2 Å². The summed E-state index contributed by atoms with van der Waals surface area (Å²) >= 11 is 0. The number of carbonyl (C=O) groups excluding carboxylic acids is 1. The standard InChI is InChI=1S/C20H18F3N5O5S/c1-12-2-4-14(5-3-12)34(32,33)26-19(31)28-8-6-27(7-9-28)17-13(11-24)10-15(18(29)30)16(25-17)20(21,22)23/h2-5,10H,6-9H2,1H3,(H,26,31)(H,29,30). The molecule has 1 aliphatic rings. The molecule has 2 heterocycles. The number of anilines is 1. The number of rotatable bonds is 4. The number of urea groups is 1. The van der Waals surface area contributed by atoms with Crippen molar-refractivity contribution >= 4 is 27.8 Å². The zero-order chi connectivity index (χ0) is 25.3. The summed E-state index contributed by atoms with van der Waals surface area (Å²) in [5.74, 6) is -2.24. The van der Waals surface area contributed by atoms with E-state index in [2.05, 4.69) is 4.98 Å². The number of carbonyl (C=O) groups is 2. The van der Waals surface area contributed by atoms with E-state index in [1.54, 1.807) is 25.1 Å². The first-order valence-corrected chi connectivity index (χ1v) is 11.2. The van der Waals surface area contributed by atoms with Gasteiger partial charge in [-0.25, -0.2) is 27.7 Å². The number of halogens is 3. The van der Waals surface area contributed by atoms with E-state index in [9.17, 15) is 36.4 Å². The third-order valence-corrected chi connectivity index (χ3v) is 6.38. The molecule has 2 amide bonds. The van der Waals surface area contributed by atoms with E-state index in [0.29, 0.717) is 6.07 Å². The van der Waals surface area contributed by atoms with Gasteiger partial charge in [-0.15, -0.1) is 0 Å². The minimum atomic E-state index is -5.07. The van der Waals surface area contributed by atoms with E-state index in [4.69, 9.17) is 5.11 Å². The summed E-state index contributed by atoms with van der Waals surface area (Å²) in [6.45, 7) is 1.48. The van der Waals surface area contributed by atoms with Crippen LogP contribution in [0.3, 0.4) is 0 Å². The molecule has 1 fully saturated rings. The molecular weight excluding hydrogens is 479 g/mol. The molecular formula is C20H18F3N5O5S. The Hall–Kier alpha value is -3.86. The van der Waals surface area contributed by atoms with E-state index >= 15 is 0 Å². The van der Waals surface area contributed by atoms with Crippen LogP contribution < -0.4 is 9.62 Å². The van der Waals surface area contributed by atoms with E-state index in [0.717, 1.165) is 10.5 Å². The molecule has 2 aromatic rings. The summed E-state index contributed by atoms with van der Waals surface area (Å²) in [5.41, 5.74) is -2.33. The lowest BCUT2D eigenvalue weighted by Gasteiger charge is -2.35. The number of aromatic carboxylic acids is 1. The van der Waals surface area contributed by atoms with Gasteiger partial charge < -0.3 is 14.9 Å². The molecule has 14 heteroatoms. The van der Waals surface area contributed by atoms with Crippen LogP contribution in [-0.2, 0) is 16.2 Å². The average Bonchev–Trinajstić information content (AvgIpc) is 2.77. The summed E-state index contributed by atoms with van der Waals surface area (Å²) in [4.78, 5) is 29.4. The molecule has 34 heavy (non-hydrogen) atoms. The van der Waals surface area contributed by atoms with Crippen molar-refractivity contribution in [1.82, 2.24) is 14.6 Å². The summed E-state index contributed by atoms with van der Waals surface area (Å²) in [6.07, 6.45) is -5.07. The maximum absolute atomic E-state index is 13.3. The maximum atomic E-state index is 13.3. The van der Waals surface area contributed by atoms with Gasteiger partial charge in [0.15, 0.2) is 5.69 Å². The van der Waals surface area contributed by atoms with Crippen molar-refractivity contribution < 1.29 is 36.3 Å². The number of benzene rings is 1. The maximum Gasteiger partial charge on any atom is 0.434 e. The number of alkyl halides is 3. The van der Waals surface area contributed by atoms with Gasteiger partial charge in [0.05, 0.1) is 16.0 Å². The number of nitrogens with one attached hydrogen (secondary N) is 1. The van der Waals surface area contributed by atoms with Crippen molar-refractivity contribution in [2.45, 2.75) is 18.0 Å². The second-order valence-corrected chi connectivity index (χ2v) is 9.05. The number of aryl methyl sites for hydroxylation is 1. The topological polar surface area (TPSA) is 144 Å². The number of carboxylic acids is 1. The first-order chi connectivity index (χ1) is 15.8. The first kappa shape index (κ1) is 24.8. The molecule has 10 nitrogen and oxygen atoms in total. The zero-order valence-corrected chi connectivity index (χ0v) is 18.4. The van der Waals surface area contributed by atoms with Crippen molar-refractivity contribution in [3.63, 3.8) is 0 Å². The average molecular weight is 497 g/mol. The largest absolute Gasteiger partial charge is 0.478 e. The van der Waals surface area contributed by atoms with Crippen molar-refractivity contribution in [3.05, 3.63) is 52.7 Å². The second-order valence-electron chi connectivity index (χ2n) is 7.37. The zero-order valence-electron chi connectivity index (χ0n) is 17.6. The number of nitrogens with zero attached hydrogens (tertiary/aromatic N) is 4. The highest BCUT2D eigenvalue weighted by molar-refractivity contribution is 7.90. The van der Waals surface area contributed by atoms with Gasteiger partial charge in [-0.2, -0.15) is 18.4 Å². The van der Waals surface area contributed by atoms with Gasteiger partial charge in [-0.05, 0) is 25.1 Å². The summed E-state index contributed by atoms with van der Waals surface area (Å²) in [6, 6.07) is 7.18. The van der Waals surface area contributed by atoms with Crippen LogP contribution >= 0.6 is 0 Å². The van der Waals surface area contributed by atoms with E-state index in [1.165, 1.54) is 17.0 Å². The Bertz CT molecular complexity index is 1270. The lowest BCUT2D eigenvalue weighted by Crippen LogP contribution is -2.53. The Labute approximate surface area is 192 Å². The molecule has 0 aliphatic carbocycles. The van der Waals surface area contributed by atoms with Crippen molar-refractivity contribution in [3.8, 4) is 6.07 Å². The quantitative estimate of drug-likeness (QED) is 0.654. The molecule has 3 rings (SSSR count). The van der Waals surface area contributed by atoms with E-state index in [-0.39, 0.29) is 42.5 Å². The fourth-order valence-electron chi connectivity index (χ4n) is 3.28. The number of pyridine rings is 1.